The van der Waals surface area contributed by atoms with Gasteiger partial charge in [0.1, 0.15) is 0 Å². The molecule has 0 bridgehead atoms. The Labute approximate surface area is 151 Å². The topological polar surface area (TPSA) is 74.8 Å². The molecule has 1 saturated heterocycles. The zero-order valence-corrected chi connectivity index (χ0v) is 15.9. The first kappa shape index (κ1) is 21.1. The van der Waals surface area contributed by atoms with Crippen molar-refractivity contribution in [2.45, 2.75) is 30.8 Å². The highest BCUT2D eigenvalue weighted by atomic mass is 32.2. The fourth-order valence-electron chi connectivity index (χ4n) is 2.63. The molecule has 6 nitrogen and oxygen atoms in total. The van der Waals surface area contributed by atoms with Crippen molar-refractivity contribution in [2.24, 2.45) is 0 Å². The highest BCUT2D eigenvalue weighted by Crippen LogP contribution is 2.31. The van der Waals surface area contributed by atoms with Crippen LogP contribution in [0.4, 0.5) is 13.2 Å². The molecule has 1 heterocycles. The van der Waals surface area contributed by atoms with Crippen LogP contribution in [-0.2, 0) is 26.2 Å². The first-order valence-electron chi connectivity index (χ1n) is 8.13. The Kier molecular flexibility index (Phi) is 6.36. The summed E-state index contributed by atoms with van der Waals surface area (Å²) < 4.78 is 90.1. The monoisotopic (exact) mass is 414 g/mol. The van der Waals surface area contributed by atoms with Gasteiger partial charge < -0.3 is 0 Å². The summed E-state index contributed by atoms with van der Waals surface area (Å²) in [6.45, 7) is 1.66. The Hall–Kier alpha value is -1.17. The lowest BCUT2D eigenvalue weighted by atomic mass is 10.2. The molecule has 0 radical (unpaired) electrons. The van der Waals surface area contributed by atoms with Crippen molar-refractivity contribution in [3.63, 3.8) is 0 Å². The fourth-order valence-corrected chi connectivity index (χ4v) is 5.73. The van der Waals surface area contributed by atoms with Crippen molar-refractivity contribution in [3.8, 4) is 0 Å². The third-order valence-corrected chi connectivity index (χ3v) is 8.00. The third-order valence-electron chi connectivity index (χ3n) is 4.15. The van der Waals surface area contributed by atoms with Crippen LogP contribution in [0.25, 0.3) is 0 Å². The molecule has 148 valence electrons. The molecule has 1 aromatic rings. The first-order valence-corrected chi connectivity index (χ1v) is 11.2. The van der Waals surface area contributed by atoms with Crippen molar-refractivity contribution in [1.82, 2.24) is 8.61 Å². The molecule has 0 amide bonds. The van der Waals surface area contributed by atoms with Gasteiger partial charge in [-0.05, 0) is 24.6 Å². The molecule has 0 unspecified atom stereocenters. The molecular weight excluding hydrogens is 393 g/mol. The summed E-state index contributed by atoms with van der Waals surface area (Å²) in [6.07, 6.45) is -3.40. The molecule has 0 spiro atoms. The lowest BCUT2D eigenvalue weighted by molar-refractivity contribution is -0.137. The molecule has 1 aliphatic heterocycles. The summed E-state index contributed by atoms with van der Waals surface area (Å²) >= 11 is 0. The van der Waals surface area contributed by atoms with Gasteiger partial charge in [0.2, 0.25) is 20.0 Å². The van der Waals surface area contributed by atoms with E-state index in [0.717, 1.165) is 28.9 Å². The molecular formula is C15H21F3N2O4S2. The summed E-state index contributed by atoms with van der Waals surface area (Å²) in [5, 5.41) is 0. The highest BCUT2D eigenvalue weighted by molar-refractivity contribution is 7.89. The summed E-state index contributed by atoms with van der Waals surface area (Å²) in [6, 6.07) is 3.55. The quantitative estimate of drug-likeness (QED) is 0.715. The Morgan fingerprint density at radius 2 is 1.58 bits per heavy atom. The third kappa shape index (κ3) is 4.76. The average molecular weight is 414 g/mol. The zero-order valence-electron chi connectivity index (χ0n) is 14.2. The normalized spacial score (nSPS) is 18.2. The van der Waals surface area contributed by atoms with Crippen LogP contribution in [-0.4, -0.2) is 57.4 Å². The molecule has 1 aliphatic rings. The minimum absolute atomic E-state index is 0.00385. The summed E-state index contributed by atoms with van der Waals surface area (Å²) in [5.41, 5.74) is -1.04. The molecule has 1 aromatic carbocycles. The number of hydrogen-bond donors (Lipinski definition) is 0. The van der Waals surface area contributed by atoms with Crippen LogP contribution in [0.15, 0.2) is 29.2 Å². The smallest absolute Gasteiger partial charge is 0.212 e. The van der Waals surface area contributed by atoms with E-state index in [9.17, 15) is 30.0 Å². The SMILES string of the molecule is CCCCS(=O)(=O)N1CCN(S(=O)(=O)c2cccc(C(F)(F)F)c2)CC1. The van der Waals surface area contributed by atoms with Gasteiger partial charge in [-0.3, -0.25) is 0 Å². The van der Waals surface area contributed by atoms with E-state index in [1.165, 1.54) is 4.31 Å². The number of sulfonamides is 2. The van der Waals surface area contributed by atoms with E-state index in [1.807, 2.05) is 6.92 Å². The van der Waals surface area contributed by atoms with Gasteiger partial charge in [-0.1, -0.05) is 19.4 Å². The van der Waals surface area contributed by atoms with Gasteiger partial charge in [0.15, 0.2) is 0 Å². The minimum atomic E-state index is -4.64. The van der Waals surface area contributed by atoms with Crippen molar-refractivity contribution in [3.05, 3.63) is 29.8 Å². The largest absolute Gasteiger partial charge is 0.416 e. The van der Waals surface area contributed by atoms with Crippen LogP contribution < -0.4 is 0 Å². The Morgan fingerprint density at radius 1 is 1.00 bits per heavy atom. The van der Waals surface area contributed by atoms with Gasteiger partial charge >= 0.3 is 6.18 Å². The van der Waals surface area contributed by atoms with E-state index in [-0.39, 0.29) is 31.9 Å². The van der Waals surface area contributed by atoms with Gasteiger partial charge in [0.25, 0.3) is 0 Å². The van der Waals surface area contributed by atoms with Gasteiger partial charge in [0.05, 0.1) is 16.2 Å². The predicted octanol–water partition coefficient (Wildman–Crippen LogP) is 2.14. The maximum absolute atomic E-state index is 12.8. The molecule has 0 saturated carbocycles. The number of alkyl halides is 3. The van der Waals surface area contributed by atoms with Crippen molar-refractivity contribution >= 4 is 20.0 Å². The molecule has 2 rings (SSSR count). The highest BCUT2D eigenvalue weighted by Gasteiger charge is 2.35. The van der Waals surface area contributed by atoms with Crippen LogP contribution in [0.2, 0.25) is 0 Å². The number of benzene rings is 1. The second-order valence-corrected chi connectivity index (χ2v) is 10.0. The predicted molar refractivity (Wildman–Crippen MR) is 90.5 cm³/mol. The lowest BCUT2D eigenvalue weighted by Gasteiger charge is -2.33. The lowest BCUT2D eigenvalue weighted by Crippen LogP contribution is -2.50. The number of halogens is 3. The summed E-state index contributed by atoms with van der Waals surface area (Å²) in [4.78, 5) is -0.449. The average Bonchev–Trinajstić information content (AvgIpc) is 2.59. The van der Waals surface area contributed by atoms with Crippen LogP contribution in [0.5, 0.6) is 0 Å². The van der Waals surface area contributed by atoms with Crippen LogP contribution in [0.3, 0.4) is 0 Å². The van der Waals surface area contributed by atoms with Crippen LogP contribution >= 0.6 is 0 Å². The molecule has 1 fully saturated rings. The van der Waals surface area contributed by atoms with Gasteiger partial charge in [-0.25, -0.2) is 16.8 Å². The number of unbranched alkanes of at least 4 members (excludes halogenated alkanes) is 1. The van der Waals surface area contributed by atoms with Crippen LogP contribution in [0.1, 0.15) is 25.3 Å². The molecule has 0 atom stereocenters. The standard InChI is InChI=1S/C15H21F3N2O4S2/c1-2-3-11-25(21,22)19-7-9-20(10-8-19)26(23,24)14-6-4-5-13(12-14)15(16,17)18/h4-6,12H,2-3,7-11H2,1H3. The van der Waals surface area contributed by atoms with Crippen molar-refractivity contribution in [2.75, 3.05) is 31.9 Å². The Morgan fingerprint density at radius 3 is 2.12 bits per heavy atom. The van der Waals surface area contributed by atoms with Crippen LogP contribution in [0, 0.1) is 0 Å². The van der Waals surface area contributed by atoms with E-state index >= 15 is 0 Å². The minimum Gasteiger partial charge on any atom is -0.212 e. The molecule has 0 aliphatic carbocycles. The second-order valence-electron chi connectivity index (χ2n) is 6.00. The van der Waals surface area contributed by atoms with Crippen molar-refractivity contribution < 1.29 is 30.0 Å². The molecule has 11 heteroatoms. The van der Waals surface area contributed by atoms with E-state index in [0.29, 0.717) is 12.5 Å². The van der Waals surface area contributed by atoms with Gasteiger partial charge in [-0.15, -0.1) is 0 Å². The summed E-state index contributed by atoms with van der Waals surface area (Å²) in [7, 11) is -7.56. The molecule has 0 aromatic heterocycles. The first-order chi connectivity index (χ1) is 12.0. The number of nitrogens with zero attached hydrogens (tertiary/aromatic N) is 2. The zero-order chi connectivity index (χ0) is 19.6. The van der Waals surface area contributed by atoms with E-state index in [2.05, 4.69) is 0 Å². The summed E-state index contributed by atoms with van der Waals surface area (Å²) in [5.74, 6) is 0.00385. The number of rotatable bonds is 6. The van der Waals surface area contributed by atoms with Gasteiger partial charge in [0, 0.05) is 26.2 Å². The fraction of sp³-hybridized carbons (Fsp3) is 0.600. The molecule has 26 heavy (non-hydrogen) atoms. The number of hydrogen-bond acceptors (Lipinski definition) is 4. The van der Waals surface area contributed by atoms with Crippen molar-refractivity contribution in [1.29, 1.82) is 0 Å². The van der Waals surface area contributed by atoms with E-state index in [4.69, 9.17) is 0 Å². The van der Waals surface area contributed by atoms with Gasteiger partial charge in [-0.2, -0.15) is 21.8 Å². The number of piperazine rings is 1. The van der Waals surface area contributed by atoms with E-state index < -0.39 is 36.7 Å². The van der Waals surface area contributed by atoms with E-state index in [1.54, 1.807) is 0 Å². The maximum Gasteiger partial charge on any atom is 0.416 e. The maximum atomic E-state index is 12.8. The molecule has 0 N–H and O–H groups in total. The Balaban J connectivity index is 2.13. The Bertz CT molecular complexity index is 831. The second kappa shape index (κ2) is 7.83.